The maximum absolute atomic E-state index is 13.1. The molecule has 0 amide bonds. The highest BCUT2D eigenvalue weighted by Crippen LogP contribution is 2.38. The van der Waals surface area contributed by atoms with Crippen LogP contribution in [0.15, 0.2) is 65.1 Å². The quantitative estimate of drug-likeness (QED) is 0.886. The van der Waals surface area contributed by atoms with Gasteiger partial charge >= 0.3 is 5.97 Å². The minimum absolute atomic E-state index is 0.00555. The van der Waals surface area contributed by atoms with Crippen molar-refractivity contribution in [1.82, 2.24) is 4.31 Å². The van der Waals surface area contributed by atoms with E-state index in [4.69, 9.17) is 11.6 Å². The second-order valence-corrected chi connectivity index (χ2v) is 8.05. The molecule has 1 aliphatic heterocycles. The first kappa shape index (κ1) is 17.7. The number of benzene rings is 2. The van der Waals surface area contributed by atoms with E-state index in [9.17, 15) is 18.3 Å². The normalized spacial score (nSPS) is 18.2. The average molecular weight is 378 g/mol. The van der Waals surface area contributed by atoms with E-state index in [0.717, 1.165) is 0 Å². The standard InChI is InChI=1S/C18H16ClNO4S/c1-12-4-2-3-5-16(12)25(23,24)20-11-10-15(18(21)22)17(20)13-6-8-14(19)9-7-13/h2-10,17H,11H2,1H3,(H,21,22). The predicted molar refractivity (Wildman–Crippen MR) is 95.0 cm³/mol. The largest absolute Gasteiger partial charge is 0.478 e. The van der Waals surface area contributed by atoms with Gasteiger partial charge in [-0.25, -0.2) is 13.2 Å². The SMILES string of the molecule is Cc1ccccc1S(=O)(=O)N1CC=C(C(=O)O)C1c1ccc(Cl)cc1. The summed E-state index contributed by atoms with van der Waals surface area (Å²) in [6, 6.07) is 12.3. The Kier molecular flexibility index (Phi) is 4.69. The Morgan fingerprint density at radius 3 is 2.40 bits per heavy atom. The molecular weight excluding hydrogens is 362 g/mol. The maximum Gasteiger partial charge on any atom is 0.333 e. The molecule has 0 radical (unpaired) electrons. The molecule has 5 nitrogen and oxygen atoms in total. The van der Waals surface area contributed by atoms with Crippen LogP contribution in [-0.4, -0.2) is 30.3 Å². The van der Waals surface area contributed by atoms with Gasteiger partial charge in [0, 0.05) is 11.6 Å². The number of carbonyl (C=O) groups is 1. The van der Waals surface area contributed by atoms with Crippen LogP contribution < -0.4 is 0 Å². The fourth-order valence-electron chi connectivity index (χ4n) is 2.96. The molecule has 130 valence electrons. The number of halogens is 1. The minimum atomic E-state index is -3.86. The van der Waals surface area contributed by atoms with Gasteiger partial charge in [-0.3, -0.25) is 0 Å². The number of nitrogens with zero attached hydrogens (tertiary/aromatic N) is 1. The third-order valence-corrected chi connectivity index (χ3v) is 6.43. The lowest BCUT2D eigenvalue weighted by molar-refractivity contribution is -0.133. The Hall–Kier alpha value is -2.15. The van der Waals surface area contributed by atoms with Gasteiger partial charge in [-0.15, -0.1) is 0 Å². The van der Waals surface area contributed by atoms with Crippen LogP contribution in [0.1, 0.15) is 17.2 Å². The molecule has 0 bridgehead atoms. The molecule has 0 spiro atoms. The molecule has 1 N–H and O–H groups in total. The smallest absolute Gasteiger partial charge is 0.333 e. The number of carboxylic acid groups (broad SMARTS) is 1. The summed E-state index contributed by atoms with van der Waals surface area (Å²) in [7, 11) is -3.86. The zero-order valence-corrected chi connectivity index (χ0v) is 15.0. The maximum atomic E-state index is 13.1. The summed E-state index contributed by atoms with van der Waals surface area (Å²) in [4.78, 5) is 11.8. The predicted octanol–water partition coefficient (Wildman–Crippen LogP) is 3.41. The lowest BCUT2D eigenvalue weighted by Gasteiger charge is -2.26. The average Bonchev–Trinajstić information content (AvgIpc) is 3.02. The Labute approximate surface area is 151 Å². The molecule has 2 aromatic carbocycles. The number of rotatable bonds is 4. The number of aryl methyl sites for hydroxylation is 1. The zero-order chi connectivity index (χ0) is 18.2. The van der Waals surface area contributed by atoms with Crippen LogP contribution in [0.25, 0.3) is 0 Å². The molecule has 0 aromatic heterocycles. The third kappa shape index (κ3) is 3.20. The van der Waals surface area contributed by atoms with Crippen molar-refractivity contribution < 1.29 is 18.3 Å². The van der Waals surface area contributed by atoms with Crippen molar-refractivity contribution in [3.05, 3.63) is 76.3 Å². The fourth-order valence-corrected chi connectivity index (χ4v) is 4.85. The van der Waals surface area contributed by atoms with Crippen molar-refractivity contribution in [1.29, 1.82) is 0 Å². The highest BCUT2D eigenvalue weighted by molar-refractivity contribution is 7.89. The Bertz CT molecular complexity index is 951. The van der Waals surface area contributed by atoms with Crippen LogP contribution in [0.4, 0.5) is 0 Å². The molecular formula is C18H16ClNO4S. The van der Waals surface area contributed by atoms with Gasteiger partial charge in [-0.05, 0) is 36.2 Å². The van der Waals surface area contributed by atoms with Gasteiger partial charge in [0.15, 0.2) is 0 Å². The van der Waals surface area contributed by atoms with Gasteiger partial charge < -0.3 is 5.11 Å². The van der Waals surface area contributed by atoms with E-state index in [2.05, 4.69) is 0 Å². The van der Waals surface area contributed by atoms with Crippen molar-refractivity contribution in [2.75, 3.05) is 6.54 Å². The molecule has 0 saturated heterocycles. The first-order valence-electron chi connectivity index (χ1n) is 7.58. The van der Waals surface area contributed by atoms with E-state index < -0.39 is 22.0 Å². The number of aliphatic carboxylic acids is 1. The van der Waals surface area contributed by atoms with E-state index >= 15 is 0 Å². The summed E-state index contributed by atoms with van der Waals surface area (Å²) in [6.45, 7) is 1.72. The van der Waals surface area contributed by atoms with E-state index in [1.165, 1.54) is 16.4 Å². The van der Waals surface area contributed by atoms with Gasteiger partial charge in [0.1, 0.15) is 0 Å². The topological polar surface area (TPSA) is 74.7 Å². The molecule has 25 heavy (non-hydrogen) atoms. The molecule has 1 heterocycles. The molecule has 0 saturated carbocycles. The number of sulfonamides is 1. The molecule has 1 atom stereocenters. The van der Waals surface area contributed by atoms with Crippen LogP contribution in [0.5, 0.6) is 0 Å². The summed E-state index contributed by atoms with van der Waals surface area (Å²) in [5.41, 5.74) is 1.22. The van der Waals surface area contributed by atoms with E-state index in [-0.39, 0.29) is 17.0 Å². The zero-order valence-electron chi connectivity index (χ0n) is 13.4. The molecule has 0 fully saturated rings. The van der Waals surface area contributed by atoms with Gasteiger partial charge in [-0.1, -0.05) is 48.0 Å². The fraction of sp³-hybridized carbons (Fsp3) is 0.167. The number of hydrogen-bond donors (Lipinski definition) is 1. The van der Waals surface area contributed by atoms with Crippen LogP contribution in [0, 0.1) is 6.92 Å². The van der Waals surface area contributed by atoms with Crippen molar-refractivity contribution in [3.8, 4) is 0 Å². The highest BCUT2D eigenvalue weighted by atomic mass is 35.5. The van der Waals surface area contributed by atoms with Gasteiger partial charge in [0.05, 0.1) is 16.5 Å². The van der Waals surface area contributed by atoms with Crippen LogP contribution in [0.2, 0.25) is 5.02 Å². The van der Waals surface area contributed by atoms with Gasteiger partial charge in [0.2, 0.25) is 10.0 Å². The first-order chi connectivity index (χ1) is 11.8. The van der Waals surface area contributed by atoms with Gasteiger partial charge in [-0.2, -0.15) is 4.31 Å². The minimum Gasteiger partial charge on any atom is -0.478 e. The molecule has 0 aliphatic carbocycles. The van der Waals surface area contributed by atoms with Crippen molar-refractivity contribution in [2.24, 2.45) is 0 Å². The summed E-state index contributed by atoms with van der Waals surface area (Å²) in [5, 5.41) is 9.99. The highest BCUT2D eigenvalue weighted by Gasteiger charge is 2.40. The van der Waals surface area contributed by atoms with E-state index in [1.54, 1.807) is 49.4 Å². The Morgan fingerprint density at radius 2 is 1.80 bits per heavy atom. The second kappa shape index (κ2) is 6.63. The van der Waals surface area contributed by atoms with Crippen molar-refractivity contribution in [3.63, 3.8) is 0 Å². The first-order valence-corrected chi connectivity index (χ1v) is 9.40. The summed E-state index contributed by atoms with van der Waals surface area (Å²) < 4.78 is 27.5. The summed E-state index contributed by atoms with van der Waals surface area (Å²) in [5.74, 6) is -1.14. The molecule has 2 aromatic rings. The molecule has 7 heteroatoms. The van der Waals surface area contributed by atoms with E-state index in [0.29, 0.717) is 16.1 Å². The molecule has 1 aliphatic rings. The second-order valence-electron chi connectivity index (χ2n) is 5.76. The Morgan fingerprint density at radius 1 is 1.16 bits per heavy atom. The Balaban J connectivity index is 2.10. The van der Waals surface area contributed by atoms with Crippen LogP contribution in [-0.2, 0) is 14.8 Å². The molecule has 3 rings (SSSR count). The lowest BCUT2D eigenvalue weighted by atomic mass is 10.0. The van der Waals surface area contributed by atoms with Crippen molar-refractivity contribution in [2.45, 2.75) is 17.9 Å². The van der Waals surface area contributed by atoms with Crippen LogP contribution >= 0.6 is 11.6 Å². The van der Waals surface area contributed by atoms with Gasteiger partial charge in [0.25, 0.3) is 0 Å². The lowest BCUT2D eigenvalue weighted by Crippen LogP contribution is -2.33. The van der Waals surface area contributed by atoms with Crippen molar-refractivity contribution >= 4 is 27.6 Å². The number of carboxylic acids is 1. The van der Waals surface area contributed by atoms with Crippen LogP contribution in [0.3, 0.4) is 0 Å². The monoisotopic (exact) mass is 377 g/mol. The third-order valence-electron chi connectivity index (χ3n) is 4.19. The number of hydrogen-bond acceptors (Lipinski definition) is 3. The summed E-state index contributed by atoms with van der Waals surface area (Å²) in [6.07, 6.45) is 1.44. The molecule has 1 unspecified atom stereocenters. The summed E-state index contributed by atoms with van der Waals surface area (Å²) >= 11 is 5.90. The van der Waals surface area contributed by atoms with E-state index in [1.807, 2.05) is 0 Å².